The number of hydrogen-bond acceptors (Lipinski definition) is 6. The summed E-state index contributed by atoms with van der Waals surface area (Å²) in [7, 11) is 0. The van der Waals surface area contributed by atoms with E-state index in [0.29, 0.717) is 18.0 Å². The maximum Gasteiger partial charge on any atom is 0.255 e. The minimum atomic E-state index is -0.585. The lowest BCUT2D eigenvalue weighted by Crippen LogP contribution is -2.25. The summed E-state index contributed by atoms with van der Waals surface area (Å²) < 4.78 is 3.89. The van der Waals surface area contributed by atoms with Gasteiger partial charge in [-0.3, -0.25) is 4.79 Å². The minimum Gasteiger partial charge on any atom is -0.396 e. The number of nitrogens with one attached hydrogen (secondary N) is 1. The van der Waals surface area contributed by atoms with Crippen molar-refractivity contribution in [1.29, 1.82) is 0 Å². The second-order valence-electron chi connectivity index (χ2n) is 4.63. The molecule has 0 aromatic carbocycles. The molecule has 0 unspecified atom stereocenters. The average molecular weight is 258 g/mol. The quantitative estimate of drug-likeness (QED) is 0.598. The number of primary amides is 1. The van der Waals surface area contributed by atoms with Gasteiger partial charge in [0.2, 0.25) is 0 Å². The number of anilines is 2. The normalized spacial score (nSPS) is 11.5. The molecule has 96 valence electrons. The Morgan fingerprint density at radius 2 is 2.24 bits per heavy atom. The van der Waals surface area contributed by atoms with Crippen LogP contribution in [0.4, 0.5) is 10.8 Å². The Kier molecular flexibility index (Phi) is 4.30. The van der Waals surface area contributed by atoms with Gasteiger partial charge in [0, 0.05) is 13.2 Å². The van der Waals surface area contributed by atoms with Crippen LogP contribution in [0.15, 0.2) is 0 Å². The second-order valence-corrected chi connectivity index (χ2v) is 5.40. The number of rotatable bonds is 6. The maximum atomic E-state index is 11.2. The van der Waals surface area contributed by atoms with Gasteiger partial charge in [-0.1, -0.05) is 13.8 Å². The van der Waals surface area contributed by atoms with Crippen molar-refractivity contribution < 1.29 is 9.90 Å². The number of carbonyl (C=O) groups excluding carboxylic acids is 1. The van der Waals surface area contributed by atoms with Crippen LogP contribution < -0.4 is 16.8 Å². The second kappa shape index (κ2) is 5.33. The van der Waals surface area contributed by atoms with E-state index in [1.54, 1.807) is 0 Å². The van der Waals surface area contributed by atoms with Gasteiger partial charge in [-0.15, -0.1) is 0 Å². The molecule has 0 fully saturated rings. The lowest BCUT2D eigenvalue weighted by atomic mass is 9.90. The first-order valence-corrected chi connectivity index (χ1v) is 6.04. The molecular formula is C10H18N4O2S. The molecule has 6 nitrogen and oxygen atoms in total. The summed E-state index contributed by atoms with van der Waals surface area (Å²) in [5.41, 5.74) is 10.9. The predicted octanol–water partition coefficient (Wildman–Crippen LogP) is 0.645. The summed E-state index contributed by atoms with van der Waals surface area (Å²) in [4.78, 5) is 11.2. The first-order valence-electron chi connectivity index (χ1n) is 5.27. The zero-order valence-corrected chi connectivity index (χ0v) is 10.8. The Morgan fingerprint density at radius 3 is 2.76 bits per heavy atom. The summed E-state index contributed by atoms with van der Waals surface area (Å²) in [6, 6.07) is 0. The SMILES string of the molecule is CC(C)(CCO)CNc1snc(N)c1C(N)=O. The molecular weight excluding hydrogens is 240 g/mol. The third-order valence-electron chi connectivity index (χ3n) is 2.48. The molecule has 0 spiro atoms. The van der Waals surface area contributed by atoms with Gasteiger partial charge >= 0.3 is 0 Å². The van der Waals surface area contributed by atoms with Gasteiger partial charge in [-0.2, -0.15) is 4.37 Å². The van der Waals surface area contributed by atoms with Gasteiger partial charge in [0.25, 0.3) is 5.91 Å². The van der Waals surface area contributed by atoms with Gasteiger partial charge in [-0.05, 0) is 23.4 Å². The molecule has 17 heavy (non-hydrogen) atoms. The van der Waals surface area contributed by atoms with Crippen LogP contribution in [0.5, 0.6) is 0 Å². The van der Waals surface area contributed by atoms with E-state index in [4.69, 9.17) is 16.6 Å². The van der Waals surface area contributed by atoms with Crippen molar-refractivity contribution in [3.05, 3.63) is 5.56 Å². The van der Waals surface area contributed by atoms with Crippen molar-refractivity contribution in [2.75, 3.05) is 24.2 Å². The Morgan fingerprint density at radius 1 is 1.59 bits per heavy atom. The van der Waals surface area contributed by atoms with E-state index in [-0.39, 0.29) is 23.4 Å². The number of aliphatic hydroxyl groups excluding tert-OH is 1. The molecule has 0 aliphatic carbocycles. The standard InChI is InChI=1S/C10H18N4O2S/c1-10(2,3-4-15)5-13-9-6(8(12)16)7(11)14-17-9/h13,15H,3-5H2,1-2H3,(H2,11,14)(H2,12,16). The first kappa shape index (κ1) is 13.7. The van der Waals surface area contributed by atoms with Crippen molar-refractivity contribution in [2.24, 2.45) is 11.1 Å². The van der Waals surface area contributed by atoms with Gasteiger partial charge in [0.1, 0.15) is 10.6 Å². The smallest absolute Gasteiger partial charge is 0.255 e. The van der Waals surface area contributed by atoms with Crippen molar-refractivity contribution >= 4 is 28.3 Å². The number of hydrogen-bond donors (Lipinski definition) is 4. The van der Waals surface area contributed by atoms with Gasteiger partial charge in [0.15, 0.2) is 5.82 Å². The van der Waals surface area contributed by atoms with Crippen LogP contribution in [0.1, 0.15) is 30.6 Å². The molecule has 0 atom stereocenters. The van der Waals surface area contributed by atoms with Crippen LogP contribution in [0, 0.1) is 5.41 Å². The third kappa shape index (κ3) is 3.57. The van der Waals surface area contributed by atoms with E-state index in [0.717, 1.165) is 11.5 Å². The van der Waals surface area contributed by atoms with Crippen LogP contribution in [-0.4, -0.2) is 28.5 Å². The number of aromatic nitrogens is 1. The Labute approximate surface area is 104 Å². The highest BCUT2D eigenvalue weighted by molar-refractivity contribution is 7.11. The van der Waals surface area contributed by atoms with Crippen LogP contribution in [0.25, 0.3) is 0 Å². The molecule has 1 amide bonds. The van der Waals surface area contributed by atoms with Crippen LogP contribution in [0.3, 0.4) is 0 Å². The third-order valence-corrected chi connectivity index (χ3v) is 3.30. The minimum absolute atomic E-state index is 0.0809. The summed E-state index contributed by atoms with van der Waals surface area (Å²) in [5.74, 6) is -0.427. The summed E-state index contributed by atoms with van der Waals surface area (Å²) in [6.07, 6.45) is 0.667. The van der Waals surface area contributed by atoms with Crippen molar-refractivity contribution in [3.8, 4) is 0 Å². The van der Waals surface area contributed by atoms with Crippen molar-refractivity contribution in [2.45, 2.75) is 20.3 Å². The first-order chi connectivity index (χ1) is 7.87. The van der Waals surface area contributed by atoms with E-state index in [2.05, 4.69) is 9.69 Å². The highest BCUT2D eigenvalue weighted by atomic mass is 32.1. The zero-order valence-electron chi connectivity index (χ0n) is 9.99. The fourth-order valence-corrected chi connectivity index (χ4v) is 2.09. The predicted molar refractivity (Wildman–Crippen MR) is 69.0 cm³/mol. The lowest BCUT2D eigenvalue weighted by molar-refractivity contribution is 0.100. The van der Waals surface area contributed by atoms with E-state index in [9.17, 15) is 4.79 Å². The molecule has 0 aliphatic rings. The molecule has 0 aliphatic heterocycles. The van der Waals surface area contributed by atoms with Crippen LogP contribution in [-0.2, 0) is 0 Å². The van der Waals surface area contributed by atoms with Gasteiger partial charge in [0.05, 0.1) is 0 Å². The van der Waals surface area contributed by atoms with E-state index < -0.39 is 5.91 Å². The number of nitrogens with zero attached hydrogens (tertiary/aromatic N) is 1. The molecule has 1 aromatic rings. The van der Waals surface area contributed by atoms with E-state index in [1.165, 1.54) is 0 Å². The van der Waals surface area contributed by atoms with Crippen LogP contribution >= 0.6 is 11.5 Å². The molecule has 0 saturated carbocycles. The van der Waals surface area contributed by atoms with Gasteiger partial charge < -0.3 is 21.9 Å². The monoisotopic (exact) mass is 258 g/mol. The molecule has 1 aromatic heterocycles. The van der Waals surface area contributed by atoms with Crippen molar-refractivity contribution in [3.63, 3.8) is 0 Å². The number of nitrogens with two attached hydrogens (primary N) is 2. The molecule has 0 radical (unpaired) electrons. The number of carbonyl (C=O) groups is 1. The molecule has 6 N–H and O–H groups in total. The van der Waals surface area contributed by atoms with Crippen molar-refractivity contribution in [1.82, 2.24) is 4.37 Å². The molecule has 1 rings (SSSR count). The Balaban J connectivity index is 2.73. The molecule has 1 heterocycles. The van der Waals surface area contributed by atoms with Gasteiger partial charge in [-0.25, -0.2) is 0 Å². The fourth-order valence-electron chi connectivity index (χ4n) is 1.37. The molecule has 0 saturated heterocycles. The topological polar surface area (TPSA) is 114 Å². The highest BCUT2D eigenvalue weighted by Gasteiger charge is 2.21. The average Bonchev–Trinajstić information content (AvgIpc) is 2.57. The van der Waals surface area contributed by atoms with Crippen LogP contribution in [0.2, 0.25) is 0 Å². The maximum absolute atomic E-state index is 11.2. The lowest BCUT2D eigenvalue weighted by Gasteiger charge is -2.24. The number of aliphatic hydroxyl groups is 1. The number of amides is 1. The highest BCUT2D eigenvalue weighted by Crippen LogP contribution is 2.28. The zero-order chi connectivity index (χ0) is 13.1. The molecule has 0 bridgehead atoms. The Bertz CT molecular complexity index is 403. The van der Waals surface area contributed by atoms with E-state index >= 15 is 0 Å². The summed E-state index contributed by atoms with van der Waals surface area (Å²) in [5, 5.41) is 12.6. The summed E-state index contributed by atoms with van der Waals surface area (Å²) >= 11 is 1.11. The van der Waals surface area contributed by atoms with E-state index in [1.807, 2.05) is 13.8 Å². The summed E-state index contributed by atoms with van der Waals surface area (Å²) in [6.45, 7) is 4.77. The molecule has 7 heteroatoms. The Hall–Kier alpha value is -1.34. The number of nitrogen functional groups attached to an aromatic ring is 1. The fraction of sp³-hybridized carbons (Fsp3) is 0.600. The largest absolute Gasteiger partial charge is 0.396 e.